The number of imidazole rings is 1. The Morgan fingerprint density at radius 1 is 0.424 bits per heavy atom. The largest absolute Gasteiger partial charge is 0.292 e. The Morgan fingerprint density at radius 2 is 0.909 bits per heavy atom. The Bertz CT molecular complexity index is 1520. The third kappa shape index (κ3) is 3.52. The van der Waals surface area contributed by atoms with Gasteiger partial charge in [-0.1, -0.05) is 121 Å². The molecule has 33 heavy (non-hydrogen) atoms. The van der Waals surface area contributed by atoms with Gasteiger partial charge in [-0.05, 0) is 28.8 Å². The third-order valence-corrected chi connectivity index (χ3v) is 5.99. The lowest BCUT2D eigenvalue weighted by Crippen LogP contribution is -1.96. The van der Waals surface area contributed by atoms with Gasteiger partial charge in [0.1, 0.15) is 5.82 Å². The van der Waals surface area contributed by atoms with Crippen molar-refractivity contribution in [3.63, 3.8) is 0 Å². The topological polar surface area (TPSA) is 17.3 Å². The van der Waals surface area contributed by atoms with Crippen LogP contribution in [0.3, 0.4) is 0 Å². The van der Waals surface area contributed by atoms with Crippen LogP contribution in [0.15, 0.2) is 133 Å². The van der Waals surface area contributed by atoms with Crippen molar-refractivity contribution in [1.29, 1.82) is 0 Å². The Morgan fingerprint density at radius 3 is 1.48 bits per heavy atom. The molecule has 6 rings (SSSR count). The number of hydrogen-bond acceptors (Lipinski definition) is 1. The zero-order chi connectivity index (χ0) is 22.0. The van der Waals surface area contributed by atoms with E-state index in [9.17, 15) is 0 Å². The van der Waals surface area contributed by atoms with E-state index in [1.807, 2.05) is 12.1 Å². The molecule has 2 heterocycles. The van der Waals surface area contributed by atoms with Crippen molar-refractivity contribution >= 4 is 5.52 Å². The zero-order valence-corrected chi connectivity index (χ0v) is 18.1. The number of rotatable bonds is 4. The number of hydrogen-bond donors (Lipinski definition) is 0. The number of fused-ring (bicyclic) bond motifs is 1. The molecule has 0 saturated heterocycles. The van der Waals surface area contributed by atoms with Gasteiger partial charge in [-0.2, -0.15) is 0 Å². The van der Waals surface area contributed by atoms with Crippen LogP contribution in [0.4, 0.5) is 0 Å². The highest BCUT2D eigenvalue weighted by Gasteiger charge is 2.19. The van der Waals surface area contributed by atoms with Gasteiger partial charge >= 0.3 is 0 Å². The van der Waals surface area contributed by atoms with Crippen molar-refractivity contribution in [2.24, 2.45) is 0 Å². The first-order chi connectivity index (χ1) is 16.4. The molecule has 0 saturated carbocycles. The summed E-state index contributed by atoms with van der Waals surface area (Å²) in [5.41, 5.74) is 8.96. The number of benzene rings is 4. The zero-order valence-electron chi connectivity index (χ0n) is 18.1. The summed E-state index contributed by atoms with van der Waals surface area (Å²) in [7, 11) is 0. The predicted molar refractivity (Wildman–Crippen MR) is 137 cm³/mol. The van der Waals surface area contributed by atoms with Crippen molar-refractivity contribution in [3.8, 4) is 45.0 Å². The van der Waals surface area contributed by atoms with Crippen LogP contribution in [0.25, 0.3) is 50.5 Å². The van der Waals surface area contributed by atoms with Crippen LogP contribution in [0, 0.1) is 0 Å². The van der Waals surface area contributed by atoms with Crippen LogP contribution >= 0.6 is 0 Å². The number of aromatic nitrogens is 2. The van der Waals surface area contributed by atoms with E-state index in [0.717, 1.165) is 39.4 Å². The van der Waals surface area contributed by atoms with Gasteiger partial charge < -0.3 is 0 Å². The Balaban J connectivity index is 1.75. The monoisotopic (exact) mass is 422 g/mol. The molecule has 0 bridgehead atoms. The third-order valence-electron chi connectivity index (χ3n) is 5.99. The first-order valence-corrected chi connectivity index (χ1v) is 11.2. The molecule has 0 N–H and O–H groups in total. The standard InChI is InChI=1S/C31H22N2/c1-5-13-23(14-6-1)27-21-28(24-15-7-2-8-16-24)33-29(22-27)30(25-17-9-3-10-18-25)32-31(33)26-19-11-4-12-20-26/h1-22H. The van der Waals surface area contributed by atoms with E-state index in [-0.39, 0.29) is 0 Å². The van der Waals surface area contributed by atoms with E-state index >= 15 is 0 Å². The van der Waals surface area contributed by atoms with Gasteiger partial charge in [0.05, 0.1) is 16.9 Å². The van der Waals surface area contributed by atoms with Crippen LogP contribution in [0.1, 0.15) is 0 Å². The fourth-order valence-electron chi connectivity index (χ4n) is 4.42. The van der Waals surface area contributed by atoms with Gasteiger partial charge in [-0.25, -0.2) is 4.98 Å². The average Bonchev–Trinajstić information content (AvgIpc) is 3.30. The maximum atomic E-state index is 5.21. The van der Waals surface area contributed by atoms with Crippen molar-refractivity contribution in [2.45, 2.75) is 0 Å². The highest BCUT2D eigenvalue weighted by Crippen LogP contribution is 2.37. The molecule has 4 aromatic carbocycles. The summed E-state index contributed by atoms with van der Waals surface area (Å²) in [6.07, 6.45) is 0. The van der Waals surface area contributed by atoms with E-state index in [4.69, 9.17) is 4.98 Å². The SMILES string of the molecule is c1ccc(-c2cc(-c3ccccc3)n3c(-c4ccccc4)nc(-c4ccccc4)c3c2)cc1. The van der Waals surface area contributed by atoms with Crippen LogP contribution in [0.2, 0.25) is 0 Å². The maximum Gasteiger partial charge on any atom is 0.145 e. The van der Waals surface area contributed by atoms with E-state index < -0.39 is 0 Å². The highest BCUT2D eigenvalue weighted by molar-refractivity contribution is 5.88. The van der Waals surface area contributed by atoms with E-state index in [1.54, 1.807) is 0 Å². The molecule has 0 atom stereocenters. The summed E-state index contributed by atoms with van der Waals surface area (Å²) in [6, 6.07) is 46.6. The lowest BCUT2D eigenvalue weighted by molar-refractivity contribution is 1.17. The van der Waals surface area contributed by atoms with Gasteiger partial charge in [0, 0.05) is 11.1 Å². The lowest BCUT2D eigenvalue weighted by Gasteiger charge is -2.13. The van der Waals surface area contributed by atoms with Crippen LogP contribution < -0.4 is 0 Å². The van der Waals surface area contributed by atoms with Crippen LogP contribution in [-0.4, -0.2) is 9.38 Å². The molecule has 0 radical (unpaired) electrons. The molecule has 0 aliphatic heterocycles. The quantitative estimate of drug-likeness (QED) is 0.281. The molecule has 0 amide bonds. The van der Waals surface area contributed by atoms with Gasteiger partial charge in [0.15, 0.2) is 0 Å². The normalized spacial score (nSPS) is 11.0. The number of pyridine rings is 1. The summed E-state index contributed by atoms with van der Waals surface area (Å²) < 4.78 is 2.30. The summed E-state index contributed by atoms with van der Waals surface area (Å²) in [5, 5.41) is 0. The summed E-state index contributed by atoms with van der Waals surface area (Å²) in [6.45, 7) is 0. The van der Waals surface area contributed by atoms with E-state index in [1.165, 1.54) is 11.1 Å². The molecule has 2 nitrogen and oxygen atoms in total. The van der Waals surface area contributed by atoms with E-state index in [2.05, 4.69) is 126 Å². The predicted octanol–water partition coefficient (Wildman–Crippen LogP) is 8.00. The first kappa shape index (κ1) is 19.3. The van der Waals surface area contributed by atoms with Gasteiger partial charge in [-0.15, -0.1) is 0 Å². The molecule has 0 spiro atoms. The second-order valence-electron chi connectivity index (χ2n) is 8.10. The molecule has 2 heteroatoms. The van der Waals surface area contributed by atoms with Crippen molar-refractivity contribution in [3.05, 3.63) is 133 Å². The molecule has 0 aliphatic rings. The van der Waals surface area contributed by atoms with Crippen LogP contribution in [0.5, 0.6) is 0 Å². The molecular weight excluding hydrogens is 400 g/mol. The van der Waals surface area contributed by atoms with Gasteiger partial charge in [0.2, 0.25) is 0 Å². The second-order valence-corrected chi connectivity index (χ2v) is 8.10. The lowest BCUT2D eigenvalue weighted by atomic mass is 10.0. The van der Waals surface area contributed by atoms with Gasteiger partial charge in [0.25, 0.3) is 0 Å². The second kappa shape index (κ2) is 8.25. The summed E-state index contributed by atoms with van der Waals surface area (Å²) in [5.74, 6) is 0.947. The van der Waals surface area contributed by atoms with Crippen molar-refractivity contribution in [2.75, 3.05) is 0 Å². The molecule has 2 aromatic heterocycles. The molecule has 0 fully saturated rings. The summed E-state index contributed by atoms with van der Waals surface area (Å²) in [4.78, 5) is 5.21. The van der Waals surface area contributed by atoms with Crippen molar-refractivity contribution in [1.82, 2.24) is 9.38 Å². The molecular formula is C31H22N2. The Kier molecular flexibility index (Phi) is 4.82. The smallest absolute Gasteiger partial charge is 0.145 e. The van der Waals surface area contributed by atoms with Gasteiger partial charge in [-0.3, -0.25) is 4.40 Å². The highest BCUT2D eigenvalue weighted by atomic mass is 15.0. The molecule has 6 aromatic rings. The minimum Gasteiger partial charge on any atom is -0.292 e. The maximum absolute atomic E-state index is 5.21. The average molecular weight is 423 g/mol. The molecule has 0 unspecified atom stereocenters. The Hall–Kier alpha value is -4.43. The van der Waals surface area contributed by atoms with Crippen molar-refractivity contribution < 1.29 is 0 Å². The molecule has 156 valence electrons. The summed E-state index contributed by atoms with van der Waals surface area (Å²) >= 11 is 0. The van der Waals surface area contributed by atoms with E-state index in [0.29, 0.717) is 0 Å². The minimum atomic E-state index is 0.947. The molecule has 0 aliphatic carbocycles. The fraction of sp³-hybridized carbons (Fsp3) is 0. The first-order valence-electron chi connectivity index (χ1n) is 11.2. The minimum absolute atomic E-state index is 0.947. The van der Waals surface area contributed by atoms with Crippen LogP contribution in [-0.2, 0) is 0 Å². The number of nitrogens with zero attached hydrogens (tertiary/aromatic N) is 2. The fourth-order valence-corrected chi connectivity index (χ4v) is 4.42. The Labute approximate surface area is 193 Å².